The number of aromatic nitrogens is 3. The number of thiophene rings is 3. The average Bonchev–Trinajstić information content (AvgIpc) is 3.87. The molecule has 0 bridgehead atoms. The maximum absolute atomic E-state index is 4.01. The van der Waals surface area contributed by atoms with Gasteiger partial charge in [-0.3, -0.25) is 0 Å². The fraction of sp³-hybridized carbons (Fsp3) is 0. The second-order valence-corrected chi connectivity index (χ2v) is 13.2. The Kier molecular flexibility index (Phi) is 10.5. The number of benzene rings is 3. The molecule has 0 fully saturated rings. The zero-order valence-electron chi connectivity index (χ0n) is 24.3. The van der Waals surface area contributed by atoms with Crippen LogP contribution in [-0.4, -0.2) is 15.0 Å². The van der Waals surface area contributed by atoms with Crippen LogP contribution < -0.4 is 0 Å². The molecule has 9 aromatic rings. The van der Waals surface area contributed by atoms with Crippen molar-refractivity contribution in [2.24, 2.45) is 0 Å². The molecule has 0 aliphatic carbocycles. The average molecular weight is 823 g/mol. The molecule has 0 radical (unpaired) electrons. The topological polar surface area (TPSA) is 38.7 Å². The van der Waals surface area contributed by atoms with Crippen molar-refractivity contribution in [1.82, 2.24) is 15.0 Å². The van der Waals surface area contributed by atoms with Gasteiger partial charge in [-0.15, -0.1) is 53.1 Å². The van der Waals surface area contributed by atoms with Crippen LogP contribution in [-0.2, 0) is 20.1 Å². The summed E-state index contributed by atoms with van der Waals surface area (Å²) in [7, 11) is 0. The van der Waals surface area contributed by atoms with Crippen molar-refractivity contribution in [1.29, 1.82) is 0 Å². The van der Waals surface area contributed by atoms with E-state index in [2.05, 4.69) is 125 Å². The van der Waals surface area contributed by atoms with Crippen LogP contribution in [0.4, 0.5) is 0 Å². The molecule has 0 amide bonds. The van der Waals surface area contributed by atoms with E-state index in [0.29, 0.717) is 0 Å². The van der Waals surface area contributed by atoms with Crippen molar-refractivity contribution in [3.05, 3.63) is 165 Å². The van der Waals surface area contributed by atoms with Crippen LogP contribution in [0.2, 0.25) is 0 Å². The van der Waals surface area contributed by atoms with Gasteiger partial charge in [0.2, 0.25) is 0 Å². The number of hydrogen-bond acceptors (Lipinski definition) is 6. The van der Waals surface area contributed by atoms with E-state index in [1.54, 1.807) is 52.6 Å². The van der Waals surface area contributed by atoms with Gasteiger partial charge in [-0.2, -0.15) is 34.0 Å². The Bertz CT molecular complexity index is 1920. The van der Waals surface area contributed by atoms with Gasteiger partial charge >= 0.3 is 20.1 Å². The van der Waals surface area contributed by atoms with E-state index in [9.17, 15) is 0 Å². The fourth-order valence-electron chi connectivity index (χ4n) is 4.73. The number of fused-ring (bicyclic) bond motifs is 3. The van der Waals surface area contributed by atoms with Gasteiger partial charge in [0.05, 0.1) is 0 Å². The van der Waals surface area contributed by atoms with Crippen molar-refractivity contribution in [2.75, 3.05) is 0 Å². The maximum Gasteiger partial charge on any atom is 3.00 e. The first-order valence-corrected chi connectivity index (χ1v) is 16.7. The summed E-state index contributed by atoms with van der Waals surface area (Å²) in [6.07, 6.45) is 14.3. The van der Waals surface area contributed by atoms with Crippen molar-refractivity contribution < 1.29 is 20.1 Å². The minimum Gasteiger partial charge on any atom is -0.360 e. The summed E-state index contributed by atoms with van der Waals surface area (Å²) in [5.74, 6) is 0. The van der Waals surface area contributed by atoms with Crippen molar-refractivity contribution >= 4 is 64.3 Å². The largest absolute Gasteiger partial charge is 3.00 e. The van der Waals surface area contributed by atoms with Gasteiger partial charge in [0, 0.05) is 14.1 Å². The molecular formula is C39H24IrN3S3. The Labute approximate surface area is 293 Å². The van der Waals surface area contributed by atoms with Gasteiger partial charge < -0.3 is 15.0 Å². The zero-order chi connectivity index (χ0) is 30.3. The van der Waals surface area contributed by atoms with Gasteiger partial charge in [0.1, 0.15) is 0 Å². The van der Waals surface area contributed by atoms with Crippen molar-refractivity contribution in [2.45, 2.75) is 0 Å². The molecule has 6 heterocycles. The fourth-order valence-corrected chi connectivity index (χ4v) is 7.85. The van der Waals surface area contributed by atoms with Gasteiger partial charge in [-0.25, -0.2) is 0 Å². The molecule has 3 nitrogen and oxygen atoms in total. The molecular weight excluding hydrogens is 799 g/mol. The molecule has 9 rings (SSSR count). The molecule has 0 N–H and O–H groups in total. The van der Waals surface area contributed by atoms with E-state index in [-0.39, 0.29) is 20.1 Å². The molecule has 0 atom stereocenters. The predicted molar refractivity (Wildman–Crippen MR) is 192 cm³/mol. The van der Waals surface area contributed by atoms with Gasteiger partial charge in [0.15, 0.2) is 0 Å². The standard InChI is InChI=1S/3C13H8NS.Ir/c3*1-2-6-12-10(4-1)8-13(15-12)11-5-3-7-14-9-11;/h3*1-8H;/q3*-1;+3. The predicted octanol–water partition coefficient (Wildman–Crippen LogP) is 11.3. The van der Waals surface area contributed by atoms with E-state index in [0.717, 1.165) is 16.7 Å². The normalized spacial score (nSPS) is 10.4. The number of hydrogen-bond donors (Lipinski definition) is 0. The van der Waals surface area contributed by atoms with Gasteiger partial charge in [-0.05, 0) is 67.6 Å². The number of pyridine rings is 3. The van der Waals surface area contributed by atoms with E-state index < -0.39 is 0 Å². The Morgan fingerprint density at radius 1 is 0.370 bits per heavy atom. The van der Waals surface area contributed by atoms with E-state index in [1.165, 1.54) is 44.9 Å². The third-order valence-corrected chi connectivity index (χ3v) is 10.3. The maximum atomic E-state index is 4.01. The molecule has 0 saturated carbocycles. The van der Waals surface area contributed by atoms with Gasteiger partial charge in [0.25, 0.3) is 0 Å². The third-order valence-electron chi connectivity index (χ3n) is 6.90. The minimum absolute atomic E-state index is 0. The van der Waals surface area contributed by atoms with Crippen LogP contribution >= 0.6 is 34.0 Å². The summed E-state index contributed by atoms with van der Waals surface area (Å²) >= 11 is 5.34. The van der Waals surface area contributed by atoms with Crippen LogP contribution in [0.1, 0.15) is 0 Å². The quantitative estimate of drug-likeness (QED) is 0.167. The molecule has 0 aliphatic heterocycles. The summed E-state index contributed by atoms with van der Waals surface area (Å²) in [5.41, 5.74) is 3.20. The van der Waals surface area contributed by atoms with Crippen molar-refractivity contribution in [3.8, 4) is 31.3 Å². The van der Waals surface area contributed by atoms with E-state index in [4.69, 9.17) is 0 Å². The van der Waals surface area contributed by atoms with Crippen LogP contribution in [0.25, 0.3) is 61.6 Å². The first-order chi connectivity index (χ1) is 22.3. The Morgan fingerprint density at radius 3 is 0.935 bits per heavy atom. The summed E-state index contributed by atoms with van der Waals surface area (Å²) in [4.78, 5) is 15.7. The second kappa shape index (κ2) is 15.3. The Morgan fingerprint density at radius 2 is 0.674 bits per heavy atom. The molecule has 3 aromatic carbocycles. The number of nitrogens with zero attached hydrogens (tertiary/aromatic N) is 3. The SMILES string of the molecule is [Ir+3].[c-]1ncccc1-c1cc2ccccc2s1.[c-]1ncccc1-c1cc2ccccc2s1.[c-]1ncccc1-c1cc2ccccc2s1. The number of rotatable bonds is 3. The molecule has 0 aliphatic rings. The first kappa shape index (κ1) is 31.6. The third kappa shape index (κ3) is 7.53. The summed E-state index contributed by atoms with van der Waals surface area (Å²) in [6.45, 7) is 0. The van der Waals surface area contributed by atoms with E-state index in [1.807, 2.05) is 36.4 Å². The molecule has 0 unspecified atom stereocenters. The van der Waals surface area contributed by atoms with Crippen LogP contribution in [0.3, 0.4) is 0 Å². The molecule has 6 aromatic heterocycles. The molecule has 0 spiro atoms. The van der Waals surface area contributed by atoms with Crippen LogP contribution in [0.15, 0.2) is 146 Å². The summed E-state index contributed by atoms with van der Waals surface area (Å²) in [5, 5.41) is 3.86. The molecule has 46 heavy (non-hydrogen) atoms. The molecule has 222 valence electrons. The van der Waals surface area contributed by atoms with Crippen molar-refractivity contribution in [3.63, 3.8) is 0 Å². The summed E-state index contributed by atoms with van der Waals surface area (Å²) in [6, 6.07) is 43.7. The van der Waals surface area contributed by atoms with Crippen LogP contribution in [0.5, 0.6) is 0 Å². The first-order valence-electron chi connectivity index (χ1n) is 14.3. The van der Waals surface area contributed by atoms with Crippen LogP contribution in [0, 0.1) is 18.6 Å². The van der Waals surface area contributed by atoms with E-state index >= 15 is 0 Å². The Hall–Kier alpha value is -4.36. The second-order valence-electron chi connectivity index (χ2n) is 9.93. The monoisotopic (exact) mass is 823 g/mol. The molecule has 7 heteroatoms. The Balaban J connectivity index is 0.000000120. The smallest absolute Gasteiger partial charge is 0.360 e. The zero-order valence-corrected chi connectivity index (χ0v) is 29.1. The van der Waals surface area contributed by atoms with Gasteiger partial charge in [-0.1, -0.05) is 91.4 Å². The minimum atomic E-state index is 0. The molecule has 0 saturated heterocycles. The summed E-state index contributed by atoms with van der Waals surface area (Å²) < 4.78 is 3.93.